The zero-order valence-electron chi connectivity index (χ0n) is 12.6. The second-order valence-corrected chi connectivity index (χ2v) is 6.39. The highest BCUT2D eigenvalue weighted by Gasteiger charge is 2.18. The summed E-state index contributed by atoms with van der Waals surface area (Å²) in [5, 5.41) is 4.73. The molecule has 0 amide bonds. The van der Waals surface area contributed by atoms with Crippen molar-refractivity contribution in [2.75, 3.05) is 6.79 Å². The first-order chi connectivity index (χ1) is 10.2. The van der Waals surface area contributed by atoms with Crippen LogP contribution >= 0.6 is 11.3 Å². The van der Waals surface area contributed by atoms with Crippen molar-refractivity contribution in [1.29, 1.82) is 0 Å². The SMILES string of the molecule is CCc1cnc(C(C)NC(C)c2ccc3c(c2)OCO3)s1. The summed E-state index contributed by atoms with van der Waals surface area (Å²) in [6.07, 6.45) is 3.02. The highest BCUT2D eigenvalue weighted by atomic mass is 32.1. The average molecular weight is 304 g/mol. The Bertz CT molecular complexity index is 626. The Labute approximate surface area is 129 Å². The summed E-state index contributed by atoms with van der Waals surface area (Å²) >= 11 is 1.78. The molecule has 1 aromatic heterocycles. The summed E-state index contributed by atoms with van der Waals surface area (Å²) in [4.78, 5) is 5.83. The van der Waals surface area contributed by atoms with E-state index in [4.69, 9.17) is 9.47 Å². The van der Waals surface area contributed by atoms with Gasteiger partial charge in [-0.2, -0.15) is 0 Å². The molecule has 0 spiro atoms. The van der Waals surface area contributed by atoms with Crippen LogP contribution < -0.4 is 14.8 Å². The molecule has 1 N–H and O–H groups in total. The summed E-state index contributed by atoms with van der Waals surface area (Å²) in [6, 6.07) is 6.56. The van der Waals surface area contributed by atoms with E-state index in [-0.39, 0.29) is 12.1 Å². The van der Waals surface area contributed by atoms with Gasteiger partial charge in [0.05, 0.1) is 6.04 Å². The number of nitrogens with one attached hydrogen (secondary N) is 1. The van der Waals surface area contributed by atoms with Crippen molar-refractivity contribution in [1.82, 2.24) is 10.3 Å². The van der Waals surface area contributed by atoms with Crippen LogP contribution in [-0.4, -0.2) is 11.8 Å². The van der Waals surface area contributed by atoms with Gasteiger partial charge in [-0.15, -0.1) is 11.3 Å². The minimum absolute atomic E-state index is 0.225. The van der Waals surface area contributed by atoms with E-state index in [0.717, 1.165) is 22.9 Å². The van der Waals surface area contributed by atoms with Crippen LogP contribution in [0.3, 0.4) is 0 Å². The lowest BCUT2D eigenvalue weighted by Gasteiger charge is -2.19. The molecule has 1 aromatic carbocycles. The lowest BCUT2D eigenvalue weighted by atomic mass is 10.1. The van der Waals surface area contributed by atoms with Crippen molar-refractivity contribution >= 4 is 11.3 Å². The van der Waals surface area contributed by atoms with Crippen molar-refractivity contribution in [3.8, 4) is 11.5 Å². The molecule has 3 rings (SSSR count). The van der Waals surface area contributed by atoms with Crippen LogP contribution in [0.25, 0.3) is 0 Å². The van der Waals surface area contributed by atoms with Gasteiger partial charge >= 0.3 is 0 Å². The van der Waals surface area contributed by atoms with E-state index in [1.165, 1.54) is 10.4 Å². The summed E-state index contributed by atoms with van der Waals surface area (Å²) < 4.78 is 10.8. The summed E-state index contributed by atoms with van der Waals surface area (Å²) in [5.41, 5.74) is 1.19. The Balaban J connectivity index is 1.69. The van der Waals surface area contributed by atoms with E-state index in [0.29, 0.717) is 6.79 Å². The van der Waals surface area contributed by atoms with Crippen molar-refractivity contribution in [2.24, 2.45) is 0 Å². The number of ether oxygens (including phenoxy) is 2. The second kappa shape index (κ2) is 6.03. The van der Waals surface area contributed by atoms with Gasteiger partial charge in [0.15, 0.2) is 11.5 Å². The average Bonchev–Trinajstić information content (AvgIpc) is 3.15. The van der Waals surface area contributed by atoms with Crippen LogP contribution in [0.2, 0.25) is 0 Å². The van der Waals surface area contributed by atoms with Gasteiger partial charge in [0, 0.05) is 17.1 Å². The molecule has 1 aliphatic heterocycles. The van der Waals surface area contributed by atoms with Crippen molar-refractivity contribution in [3.63, 3.8) is 0 Å². The minimum atomic E-state index is 0.225. The molecule has 0 fully saturated rings. The van der Waals surface area contributed by atoms with Crippen LogP contribution in [0.1, 0.15) is 48.3 Å². The van der Waals surface area contributed by atoms with Crippen LogP contribution in [0, 0.1) is 0 Å². The van der Waals surface area contributed by atoms with Gasteiger partial charge in [0.25, 0.3) is 0 Å². The number of nitrogens with zero attached hydrogens (tertiary/aromatic N) is 1. The highest BCUT2D eigenvalue weighted by Crippen LogP contribution is 2.34. The Kier molecular flexibility index (Phi) is 4.12. The molecule has 0 bridgehead atoms. The zero-order chi connectivity index (χ0) is 14.8. The normalized spacial score (nSPS) is 16.0. The molecule has 2 heterocycles. The highest BCUT2D eigenvalue weighted by molar-refractivity contribution is 7.11. The van der Waals surface area contributed by atoms with E-state index < -0.39 is 0 Å². The lowest BCUT2D eigenvalue weighted by molar-refractivity contribution is 0.174. The Morgan fingerprint density at radius 3 is 2.81 bits per heavy atom. The summed E-state index contributed by atoms with van der Waals surface area (Å²) in [6.45, 7) is 6.78. The molecular weight excluding hydrogens is 284 g/mol. The van der Waals surface area contributed by atoms with E-state index in [1.807, 2.05) is 18.3 Å². The standard InChI is InChI=1S/C16H20N2O2S/c1-4-13-8-17-16(21-13)11(3)18-10(2)12-5-6-14-15(7-12)20-9-19-14/h5-8,10-11,18H,4,9H2,1-3H3. The maximum atomic E-state index is 5.44. The molecule has 0 aliphatic carbocycles. The third-order valence-electron chi connectivity index (χ3n) is 3.69. The quantitative estimate of drug-likeness (QED) is 0.911. The maximum absolute atomic E-state index is 5.44. The predicted octanol–water partition coefficient (Wildman–Crippen LogP) is 3.85. The van der Waals surface area contributed by atoms with Crippen LogP contribution in [-0.2, 0) is 6.42 Å². The number of fused-ring (bicyclic) bond motifs is 1. The topological polar surface area (TPSA) is 43.4 Å². The molecule has 21 heavy (non-hydrogen) atoms. The van der Waals surface area contributed by atoms with E-state index >= 15 is 0 Å². The van der Waals surface area contributed by atoms with E-state index in [1.54, 1.807) is 11.3 Å². The fraction of sp³-hybridized carbons (Fsp3) is 0.438. The maximum Gasteiger partial charge on any atom is 0.231 e. The van der Waals surface area contributed by atoms with Crippen LogP contribution in [0.4, 0.5) is 0 Å². The van der Waals surface area contributed by atoms with Crippen LogP contribution in [0.15, 0.2) is 24.4 Å². The molecule has 0 radical (unpaired) electrons. The van der Waals surface area contributed by atoms with Gasteiger partial charge in [-0.3, -0.25) is 0 Å². The molecule has 2 aromatic rings. The molecule has 2 unspecified atom stereocenters. The third-order valence-corrected chi connectivity index (χ3v) is 5.01. The van der Waals surface area contributed by atoms with Crippen molar-refractivity contribution in [2.45, 2.75) is 39.3 Å². The van der Waals surface area contributed by atoms with Crippen molar-refractivity contribution < 1.29 is 9.47 Å². The van der Waals surface area contributed by atoms with Gasteiger partial charge in [-0.05, 0) is 38.0 Å². The monoisotopic (exact) mass is 304 g/mol. The first kappa shape index (κ1) is 14.4. The molecule has 5 heteroatoms. The lowest BCUT2D eigenvalue weighted by Crippen LogP contribution is -2.22. The largest absolute Gasteiger partial charge is 0.454 e. The Morgan fingerprint density at radius 1 is 1.24 bits per heavy atom. The van der Waals surface area contributed by atoms with Crippen molar-refractivity contribution in [3.05, 3.63) is 39.8 Å². The fourth-order valence-electron chi connectivity index (χ4n) is 2.41. The smallest absolute Gasteiger partial charge is 0.231 e. The number of rotatable bonds is 5. The van der Waals surface area contributed by atoms with Gasteiger partial charge in [-0.25, -0.2) is 4.98 Å². The Hall–Kier alpha value is -1.59. The molecular formula is C16H20N2O2S. The van der Waals surface area contributed by atoms with Gasteiger partial charge < -0.3 is 14.8 Å². The van der Waals surface area contributed by atoms with E-state index in [9.17, 15) is 0 Å². The number of hydrogen-bond acceptors (Lipinski definition) is 5. The number of thiazole rings is 1. The zero-order valence-corrected chi connectivity index (χ0v) is 13.4. The number of aryl methyl sites for hydroxylation is 1. The van der Waals surface area contributed by atoms with Gasteiger partial charge in [0.2, 0.25) is 6.79 Å². The third kappa shape index (κ3) is 3.04. The number of aromatic nitrogens is 1. The number of benzene rings is 1. The molecule has 0 saturated carbocycles. The summed E-state index contributed by atoms with van der Waals surface area (Å²) in [5.74, 6) is 1.66. The van der Waals surface area contributed by atoms with Crippen LogP contribution in [0.5, 0.6) is 11.5 Å². The fourth-order valence-corrected chi connectivity index (χ4v) is 3.28. The molecule has 0 saturated heterocycles. The van der Waals surface area contributed by atoms with Gasteiger partial charge in [-0.1, -0.05) is 13.0 Å². The molecule has 1 aliphatic rings. The Morgan fingerprint density at radius 2 is 2.05 bits per heavy atom. The molecule has 4 nitrogen and oxygen atoms in total. The molecule has 2 atom stereocenters. The molecule has 112 valence electrons. The predicted molar refractivity (Wildman–Crippen MR) is 84.0 cm³/mol. The first-order valence-corrected chi connectivity index (χ1v) is 8.09. The minimum Gasteiger partial charge on any atom is -0.454 e. The second-order valence-electron chi connectivity index (χ2n) is 5.24. The number of hydrogen-bond donors (Lipinski definition) is 1. The summed E-state index contributed by atoms with van der Waals surface area (Å²) in [7, 11) is 0. The van der Waals surface area contributed by atoms with Gasteiger partial charge in [0.1, 0.15) is 5.01 Å². The van der Waals surface area contributed by atoms with E-state index in [2.05, 4.69) is 37.1 Å². The first-order valence-electron chi connectivity index (χ1n) is 7.27.